The van der Waals surface area contributed by atoms with Gasteiger partial charge in [0.25, 0.3) is 10.0 Å². The normalized spacial score (nSPS) is 11.3. The van der Waals surface area contributed by atoms with E-state index in [-0.39, 0.29) is 27.3 Å². The molecule has 0 atom stereocenters. The van der Waals surface area contributed by atoms with Crippen LogP contribution in [0.1, 0.15) is 31.0 Å². The number of rotatable bonds is 8. The van der Waals surface area contributed by atoms with Crippen LogP contribution in [0, 0.1) is 11.3 Å². The van der Waals surface area contributed by atoms with E-state index in [9.17, 15) is 13.7 Å². The zero-order valence-electron chi connectivity index (χ0n) is 18.5. The van der Waals surface area contributed by atoms with Crippen LogP contribution in [0.5, 0.6) is 17.2 Å². The first-order chi connectivity index (χ1) is 16.3. The number of hydrogen-bond donors (Lipinski definition) is 1. The molecule has 174 valence electrons. The highest BCUT2D eigenvalue weighted by atomic mass is 32.2. The van der Waals surface area contributed by atoms with Crippen LogP contribution >= 0.6 is 11.5 Å². The van der Waals surface area contributed by atoms with Crippen LogP contribution in [0.25, 0.3) is 5.69 Å². The number of benzene rings is 2. The van der Waals surface area contributed by atoms with E-state index in [4.69, 9.17) is 9.47 Å². The van der Waals surface area contributed by atoms with E-state index in [1.165, 1.54) is 24.5 Å². The lowest BCUT2D eigenvalue weighted by Crippen LogP contribution is -2.13. The second-order valence-corrected chi connectivity index (χ2v) is 9.86. The molecule has 0 saturated heterocycles. The Morgan fingerprint density at radius 2 is 1.91 bits per heavy atom. The predicted molar refractivity (Wildman–Crippen MR) is 126 cm³/mol. The van der Waals surface area contributed by atoms with Crippen molar-refractivity contribution in [3.8, 4) is 29.0 Å². The lowest BCUT2D eigenvalue weighted by molar-refractivity contribution is 0.414. The van der Waals surface area contributed by atoms with Gasteiger partial charge in [-0.15, -0.1) is 0 Å². The fourth-order valence-corrected chi connectivity index (χ4v) is 4.77. The summed E-state index contributed by atoms with van der Waals surface area (Å²) in [5, 5.41) is 14.4. The Bertz CT molecular complexity index is 1440. The Hall–Kier alpha value is -3.95. The third kappa shape index (κ3) is 4.85. The average Bonchev–Trinajstić information content (AvgIpc) is 3.49. The van der Waals surface area contributed by atoms with Crippen molar-refractivity contribution in [2.45, 2.75) is 24.7 Å². The molecular formula is C22H20N6O4S2. The molecule has 0 spiro atoms. The molecule has 1 N–H and O–H groups in total. The van der Waals surface area contributed by atoms with Gasteiger partial charge >= 0.3 is 0 Å². The second-order valence-electron chi connectivity index (χ2n) is 7.40. The number of sulfonamides is 1. The molecule has 0 amide bonds. The minimum Gasteiger partial charge on any atom is -0.497 e. The summed E-state index contributed by atoms with van der Waals surface area (Å²) in [5.74, 6) is 1.44. The van der Waals surface area contributed by atoms with Crippen molar-refractivity contribution in [3.05, 3.63) is 66.2 Å². The van der Waals surface area contributed by atoms with Crippen molar-refractivity contribution in [3.63, 3.8) is 0 Å². The largest absolute Gasteiger partial charge is 0.497 e. The molecule has 0 bridgehead atoms. The third-order valence-corrected chi connectivity index (χ3v) is 6.82. The molecule has 0 saturated carbocycles. The van der Waals surface area contributed by atoms with Crippen molar-refractivity contribution < 1.29 is 17.9 Å². The van der Waals surface area contributed by atoms with Gasteiger partial charge in [0.1, 0.15) is 29.6 Å². The van der Waals surface area contributed by atoms with E-state index < -0.39 is 10.0 Å². The summed E-state index contributed by atoms with van der Waals surface area (Å²) in [6.45, 7) is 3.96. The first kappa shape index (κ1) is 23.2. The molecule has 0 radical (unpaired) electrons. The standard InChI is InChI=1S/C22H20N6O4S2/c1-14(2)21-20(12-28(26-21)16-4-6-17(31-3)7-5-16)32-19-9-8-18(10-15(19)11-23)34(29,30)27-22-24-13-25-33-22/h4-10,12-14H,1-3H3,(H,24,25,27). The Morgan fingerprint density at radius 3 is 2.53 bits per heavy atom. The van der Waals surface area contributed by atoms with Gasteiger partial charge in [0.15, 0.2) is 5.75 Å². The minimum atomic E-state index is -3.94. The number of nitrogens with one attached hydrogen (secondary N) is 1. The van der Waals surface area contributed by atoms with E-state index in [0.29, 0.717) is 11.4 Å². The highest BCUT2D eigenvalue weighted by Crippen LogP contribution is 2.33. The summed E-state index contributed by atoms with van der Waals surface area (Å²) in [4.78, 5) is 3.72. The first-order valence-corrected chi connectivity index (χ1v) is 12.3. The van der Waals surface area contributed by atoms with E-state index in [1.54, 1.807) is 18.0 Å². The van der Waals surface area contributed by atoms with E-state index in [2.05, 4.69) is 19.2 Å². The highest BCUT2D eigenvalue weighted by Gasteiger charge is 2.21. The Morgan fingerprint density at radius 1 is 1.15 bits per heavy atom. The van der Waals surface area contributed by atoms with Gasteiger partial charge < -0.3 is 9.47 Å². The van der Waals surface area contributed by atoms with Crippen LogP contribution in [-0.2, 0) is 10.0 Å². The van der Waals surface area contributed by atoms with Gasteiger partial charge in [-0.3, -0.25) is 4.72 Å². The third-order valence-electron chi connectivity index (χ3n) is 4.78. The summed E-state index contributed by atoms with van der Waals surface area (Å²) in [7, 11) is -2.34. The molecule has 2 heterocycles. The van der Waals surface area contributed by atoms with Crippen LogP contribution in [0.2, 0.25) is 0 Å². The molecule has 0 aliphatic carbocycles. The molecule has 34 heavy (non-hydrogen) atoms. The van der Waals surface area contributed by atoms with Crippen molar-refractivity contribution in [2.75, 3.05) is 11.8 Å². The van der Waals surface area contributed by atoms with Crippen molar-refractivity contribution in [1.29, 1.82) is 5.26 Å². The fourth-order valence-electron chi connectivity index (χ4n) is 3.08. The molecule has 4 aromatic rings. The lowest BCUT2D eigenvalue weighted by atomic mass is 10.1. The van der Waals surface area contributed by atoms with Gasteiger partial charge in [-0.05, 0) is 42.5 Å². The Labute approximate surface area is 200 Å². The summed E-state index contributed by atoms with van der Waals surface area (Å²) in [5.41, 5.74) is 1.56. The van der Waals surface area contributed by atoms with Crippen molar-refractivity contribution >= 4 is 26.7 Å². The number of ether oxygens (including phenoxy) is 2. The van der Waals surface area contributed by atoms with E-state index >= 15 is 0 Å². The van der Waals surface area contributed by atoms with Crippen molar-refractivity contribution in [2.24, 2.45) is 0 Å². The number of nitrogens with zero attached hydrogens (tertiary/aromatic N) is 5. The smallest absolute Gasteiger partial charge is 0.263 e. The van der Waals surface area contributed by atoms with Gasteiger partial charge in [-0.1, -0.05) is 13.8 Å². The molecule has 0 aliphatic rings. The summed E-state index contributed by atoms with van der Waals surface area (Å²) >= 11 is 0.909. The number of methoxy groups -OCH3 is 1. The van der Waals surface area contributed by atoms with E-state index in [0.717, 1.165) is 23.0 Å². The molecule has 4 rings (SSSR count). The maximum Gasteiger partial charge on any atom is 0.263 e. The molecule has 0 aliphatic heterocycles. The molecular weight excluding hydrogens is 476 g/mol. The minimum absolute atomic E-state index is 0.0378. The monoisotopic (exact) mass is 496 g/mol. The maximum atomic E-state index is 12.6. The molecule has 0 unspecified atom stereocenters. The number of nitriles is 1. The average molecular weight is 497 g/mol. The Balaban J connectivity index is 1.65. The molecule has 10 nitrogen and oxygen atoms in total. The maximum absolute atomic E-state index is 12.6. The van der Waals surface area contributed by atoms with Crippen LogP contribution < -0.4 is 14.2 Å². The molecule has 12 heteroatoms. The second kappa shape index (κ2) is 9.50. The van der Waals surface area contributed by atoms with Crippen LogP contribution in [0.3, 0.4) is 0 Å². The molecule has 0 fully saturated rings. The van der Waals surface area contributed by atoms with Gasteiger partial charge in [-0.25, -0.2) is 18.1 Å². The number of hydrogen-bond acceptors (Lipinski definition) is 9. The van der Waals surface area contributed by atoms with Crippen LogP contribution in [-0.4, -0.2) is 34.7 Å². The fraction of sp³-hybridized carbons (Fsp3) is 0.182. The lowest BCUT2D eigenvalue weighted by Gasteiger charge is -2.10. The van der Waals surface area contributed by atoms with Gasteiger partial charge in [0.2, 0.25) is 5.13 Å². The van der Waals surface area contributed by atoms with Gasteiger partial charge in [0, 0.05) is 17.5 Å². The van der Waals surface area contributed by atoms with Crippen molar-refractivity contribution in [1.82, 2.24) is 19.1 Å². The first-order valence-electron chi connectivity index (χ1n) is 10.1. The topological polar surface area (TPSA) is 132 Å². The Kier molecular flexibility index (Phi) is 6.49. The molecule has 2 aromatic heterocycles. The zero-order chi connectivity index (χ0) is 24.3. The number of anilines is 1. The van der Waals surface area contributed by atoms with E-state index in [1.807, 2.05) is 44.2 Å². The summed E-state index contributed by atoms with van der Waals surface area (Å²) in [6, 6.07) is 13.5. The SMILES string of the molecule is COc1ccc(-n2cc(Oc3ccc(S(=O)(=O)Nc4ncns4)cc3C#N)c(C(C)C)n2)cc1. The van der Waals surface area contributed by atoms with Crippen LogP contribution in [0.15, 0.2) is 59.9 Å². The zero-order valence-corrected chi connectivity index (χ0v) is 20.1. The quantitative estimate of drug-likeness (QED) is 0.381. The van der Waals surface area contributed by atoms with Gasteiger partial charge in [-0.2, -0.15) is 14.7 Å². The summed E-state index contributed by atoms with van der Waals surface area (Å²) < 4.78 is 44.3. The summed E-state index contributed by atoms with van der Waals surface area (Å²) in [6.07, 6.45) is 2.97. The highest BCUT2D eigenvalue weighted by molar-refractivity contribution is 7.93. The van der Waals surface area contributed by atoms with Crippen LogP contribution in [0.4, 0.5) is 5.13 Å². The molecule has 2 aromatic carbocycles. The predicted octanol–water partition coefficient (Wildman–Crippen LogP) is 4.32. The number of aromatic nitrogens is 4. The van der Waals surface area contributed by atoms with Gasteiger partial charge in [0.05, 0.1) is 29.5 Å².